The summed E-state index contributed by atoms with van der Waals surface area (Å²) >= 11 is 8.51. The fourth-order valence-electron chi connectivity index (χ4n) is 2.23. The summed E-state index contributed by atoms with van der Waals surface area (Å²) in [5.74, 6) is 0. The van der Waals surface area contributed by atoms with Crippen molar-refractivity contribution in [1.29, 1.82) is 0 Å². The van der Waals surface area contributed by atoms with Crippen molar-refractivity contribution in [3.8, 4) is 0 Å². The van der Waals surface area contributed by atoms with Crippen molar-refractivity contribution >= 4 is 38.8 Å². The number of halogens is 1. The monoisotopic (exact) mass is 357 g/mol. The molecule has 1 heterocycles. The van der Waals surface area contributed by atoms with Crippen LogP contribution in [-0.4, -0.2) is 48.8 Å². The highest BCUT2D eigenvalue weighted by Crippen LogP contribution is 2.24. The average molecular weight is 358 g/mol. The number of hydrogen-bond acceptors (Lipinski definition) is 4. The Hall–Kier alpha value is -0.690. The molecule has 1 aromatic rings. The van der Waals surface area contributed by atoms with E-state index in [9.17, 15) is 0 Å². The maximum Gasteiger partial charge on any atom is 0.104 e. The highest BCUT2D eigenvalue weighted by atomic mass is 79.9. The fraction of sp³-hybridized carbons (Fsp3) is 0.500. The Bertz CT molecular complexity index is 483. The second-order valence-electron chi connectivity index (χ2n) is 4.83. The predicted octanol–water partition coefficient (Wildman–Crippen LogP) is 2.22. The van der Waals surface area contributed by atoms with Gasteiger partial charge >= 0.3 is 0 Å². The van der Waals surface area contributed by atoms with Crippen LogP contribution in [0.3, 0.4) is 0 Å². The molecule has 0 aromatic heterocycles. The van der Waals surface area contributed by atoms with Crippen molar-refractivity contribution < 1.29 is 4.74 Å². The Labute approximate surface area is 133 Å². The lowest BCUT2D eigenvalue weighted by Gasteiger charge is -2.32. The molecule has 1 atom stereocenters. The van der Waals surface area contributed by atoms with Gasteiger partial charge in [0.05, 0.1) is 12.7 Å². The first-order valence-corrected chi connectivity index (χ1v) is 7.97. The van der Waals surface area contributed by atoms with E-state index in [-0.39, 0.29) is 6.10 Å². The van der Waals surface area contributed by atoms with E-state index in [0.29, 0.717) is 4.99 Å². The van der Waals surface area contributed by atoms with Gasteiger partial charge in [-0.1, -0.05) is 19.1 Å². The number of nitrogens with one attached hydrogen (secondary N) is 1. The third-order valence-electron chi connectivity index (χ3n) is 3.44. The fourth-order valence-corrected chi connectivity index (χ4v) is 2.87. The van der Waals surface area contributed by atoms with E-state index in [0.717, 1.165) is 48.5 Å². The molecule has 1 fully saturated rings. The molecule has 1 unspecified atom stereocenters. The van der Waals surface area contributed by atoms with Gasteiger partial charge in [-0.3, -0.25) is 4.90 Å². The van der Waals surface area contributed by atoms with Gasteiger partial charge < -0.3 is 15.8 Å². The molecule has 0 saturated carbocycles. The molecule has 20 heavy (non-hydrogen) atoms. The molecule has 0 amide bonds. The van der Waals surface area contributed by atoms with Gasteiger partial charge in [0.1, 0.15) is 4.99 Å². The van der Waals surface area contributed by atoms with Crippen molar-refractivity contribution in [2.24, 2.45) is 5.73 Å². The molecule has 1 saturated heterocycles. The lowest BCUT2D eigenvalue weighted by molar-refractivity contribution is -0.0191. The number of ether oxygens (including phenoxy) is 1. The van der Waals surface area contributed by atoms with E-state index in [1.54, 1.807) is 0 Å². The molecule has 0 spiro atoms. The van der Waals surface area contributed by atoms with Crippen molar-refractivity contribution in [2.45, 2.75) is 13.0 Å². The SMILES string of the molecule is CCN1CCOC(CNc2ccc(C(N)=S)cc2Br)C1. The van der Waals surface area contributed by atoms with Gasteiger partial charge in [-0.25, -0.2) is 0 Å². The van der Waals surface area contributed by atoms with Crippen LogP contribution in [0.2, 0.25) is 0 Å². The third kappa shape index (κ3) is 4.15. The zero-order valence-corrected chi connectivity index (χ0v) is 14.0. The summed E-state index contributed by atoms with van der Waals surface area (Å²) in [6.45, 7) is 6.86. The summed E-state index contributed by atoms with van der Waals surface area (Å²) in [6, 6.07) is 5.85. The lowest BCUT2D eigenvalue weighted by atomic mass is 10.2. The molecule has 3 N–H and O–H groups in total. The third-order valence-corrected chi connectivity index (χ3v) is 4.34. The van der Waals surface area contributed by atoms with Crippen LogP contribution in [0.4, 0.5) is 5.69 Å². The molecular weight excluding hydrogens is 338 g/mol. The van der Waals surface area contributed by atoms with Gasteiger partial charge in [-0.15, -0.1) is 0 Å². The van der Waals surface area contributed by atoms with Gasteiger partial charge in [-0.2, -0.15) is 0 Å². The van der Waals surface area contributed by atoms with Crippen molar-refractivity contribution in [3.05, 3.63) is 28.2 Å². The first-order chi connectivity index (χ1) is 9.60. The number of benzene rings is 1. The number of nitrogens with zero attached hydrogens (tertiary/aromatic N) is 1. The first-order valence-electron chi connectivity index (χ1n) is 6.77. The van der Waals surface area contributed by atoms with Gasteiger partial charge in [0, 0.05) is 35.4 Å². The van der Waals surface area contributed by atoms with Gasteiger partial charge in [0.2, 0.25) is 0 Å². The molecule has 0 radical (unpaired) electrons. The van der Waals surface area contributed by atoms with E-state index in [1.807, 2.05) is 18.2 Å². The summed E-state index contributed by atoms with van der Waals surface area (Å²) in [4.78, 5) is 2.81. The second kappa shape index (κ2) is 7.36. The standard InChI is InChI=1S/C14H20BrN3OS/c1-2-18-5-6-19-11(9-18)8-17-13-4-3-10(14(16)20)7-12(13)15/h3-4,7,11,17H,2,5-6,8-9H2,1H3,(H2,16,20). The number of anilines is 1. The summed E-state index contributed by atoms with van der Waals surface area (Å²) < 4.78 is 6.74. The largest absolute Gasteiger partial charge is 0.389 e. The van der Waals surface area contributed by atoms with Crippen LogP contribution in [0.15, 0.2) is 22.7 Å². The molecule has 0 bridgehead atoms. The normalized spacial score (nSPS) is 19.8. The molecule has 4 nitrogen and oxygen atoms in total. The number of nitrogens with two attached hydrogens (primary N) is 1. The van der Waals surface area contributed by atoms with Crippen LogP contribution in [0.25, 0.3) is 0 Å². The predicted molar refractivity (Wildman–Crippen MR) is 90.4 cm³/mol. The van der Waals surface area contributed by atoms with E-state index in [1.165, 1.54) is 0 Å². The summed E-state index contributed by atoms with van der Waals surface area (Å²) in [6.07, 6.45) is 0.228. The number of hydrogen-bond donors (Lipinski definition) is 2. The Morgan fingerprint density at radius 3 is 3.05 bits per heavy atom. The highest BCUT2D eigenvalue weighted by molar-refractivity contribution is 9.10. The second-order valence-corrected chi connectivity index (χ2v) is 6.12. The summed E-state index contributed by atoms with van der Waals surface area (Å²) in [5.41, 5.74) is 7.51. The minimum Gasteiger partial charge on any atom is -0.389 e. The van der Waals surface area contributed by atoms with E-state index in [4.69, 9.17) is 22.7 Å². The van der Waals surface area contributed by atoms with Crippen LogP contribution < -0.4 is 11.1 Å². The molecule has 1 aliphatic rings. The number of thiocarbonyl (C=S) groups is 1. The Kier molecular flexibility index (Phi) is 5.77. The molecule has 1 aliphatic heterocycles. The molecule has 110 valence electrons. The zero-order chi connectivity index (χ0) is 14.5. The number of likely N-dealkylation sites (N-methyl/N-ethyl adjacent to an activating group) is 1. The zero-order valence-electron chi connectivity index (χ0n) is 11.6. The first kappa shape index (κ1) is 15.7. The Morgan fingerprint density at radius 1 is 1.60 bits per heavy atom. The van der Waals surface area contributed by atoms with Crippen LogP contribution in [0.5, 0.6) is 0 Å². The number of rotatable bonds is 5. The molecule has 2 rings (SSSR count). The molecular formula is C14H20BrN3OS. The quantitative estimate of drug-likeness (QED) is 0.791. The summed E-state index contributed by atoms with van der Waals surface area (Å²) in [7, 11) is 0. The highest BCUT2D eigenvalue weighted by Gasteiger charge is 2.19. The molecule has 6 heteroatoms. The topological polar surface area (TPSA) is 50.5 Å². The maximum absolute atomic E-state index is 5.77. The van der Waals surface area contributed by atoms with Gasteiger partial charge in [-0.05, 0) is 40.7 Å². The van der Waals surface area contributed by atoms with Gasteiger partial charge in [0.25, 0.3) is 0 Å². The van der Waals surface area contributed by atoms with E-state index in [2.05, 4.69) is 33.1 Å². The smallest absolute Gasteiger partial charge is 0.104 e. The molecule has 1 aromatic carbocycles. The van der Waals surface area contributed by atoms with E-state index >= 15 is 0 Å². The number of morpholine rings is 1. The van der Waals surface area contributed by atoms with Crippen LogP contribution in [-0.2, 0) is 4.74 Å². The van der Waals surface area contributed by atoms with Crippen molar-refractivity contribution in [3.63, 3.8) is 0 Å². The molecule has 0 aliphatic carbocycles. The minimum atomic E-state index is 0.228. The van der Waals surface area contributed by atoms with E-state index < -0.39 is 0 Å². The van der Waals surface area contributed by atoms with Crippen LogP contribution in [0, 0.1) is 0 Å². The summed E-state index contributed by atoms with van der Waals surface area (Å²) in [5, 5.41) is 3.41. The lowest BCUT2D eigenvalue weighted by Crippen LogP contribution is -2.45. The maximum atomic E-state index is 5.77. The van der Waals surface area contributed by atoms with Crippen molar-refractivity contribution in [2.75, 3.05) is 38.1 Å². The van der Waals surface area contributed by atoms with Crippen LogP contribution in [0.1, 0.15) is 12.5 Å². The van der Waals surface area contributed by atoms with Crippen molar-refractivity contribution in [1.82, 2.24) is 4.90 Å². The van der Waals surface area contributed by atoms with Gasteiger partial charge in [0.15, 0.2) is 0 Å². The van der Waals surface area contributed by atoms with Crippen LogP contribution >= 0.6 is 28.1 Å². The minimum absolute atomic E-state index is 0.228. The Balaban J connectivity index is 1.92. The Morgan fingerprint density at radius 2 is 2.40 bits per heavy atom. The average Bonchev–Trinajstić information content (AvgIpc) is 2.46.